The van der Waals surface area contributed by atoms with Crippen molar-refractivity contribution < 1.29 is 143 Å². The number of cyclic esters (lactones) is 1. The zero-order chi connectivity index (χ0) is 12.5. The SMILES string of the molecule is O.O.O=C1O[C@H]([C@@H](O)CO)C([O-])=C1OP(=O)([O-])[O-].[Na+].[Na+].[Na+]. The number of aliphatic hydroxyl groups excluding tert-OH is 2. The molecule has 0 saturated heterocycles. The molecule has 15 heteroatoms. The summed E-state index contributed by atoms with van der Waals surface area (Å²) in [6, 6.07) is 0. The third-order valence-corrected chi connectivity index (χ3v) is 2.05. The summed E-state index contributed by atoms with van der Waals surface area (Å²) in [7, 11) is -5.56. The van der Waals surface area contributed by atoms with Gasteiger partial charge in [0.25, 0.3) is 0 Å². The van der Waals surface area contributed by atoms with Gasteiger partial charge in [0, 0.05) is 0 Å². The predicted molar refractivity (Wildman–Crippen MR) is 45.9 cm³/mol. The van der Waals surface area contributed by atoms with E-state index in [-0.39, 0.29) is 99.6 Å². The Morgan fingerprint density at radius 1 is 1.29 bits per heavy atom. The number of phosphoric acid groups is 1. The molecule has 6 N–H and O–H groups in total. The molecule has 0 fully saturated rings. The molecule has 0 spiro atoms. The van der Waals surface area contributed by atoms with Gasteiger partial charge in [0.2, 0.25) is 5.76 Å². The summed E-state index contributed by atoms with van der Waals surface area (Å²) in [5.41, 5.74) is 0. The largest absolute Gasteiger partial charge is 1.00 e. The van der Waals surface area contributed by atoms with Gasteiger partial charge in [-0.2, -0.15) is 0 Å². The summed E-state index contributed by atoms with van der Waals surface area (Å²) in [5, 5.41) is 28.7. The minimum Gasteiger partial charge on any atom is -0.870 e. The molecule has 0 bridgehead atoms. The van der Waals surface area contributed by atoms with Crippen LogP contribution < -0.4 is 104 Å². The molecule has 1 aliphatic rings. The molecule has 1 aliphatic heterocycles. The average Bonchev–Trinajstić information content (AvgIpc) is 2.42. The van der Waals surface area contributed by atoms with E-state index in [0.717, 1.165) is 0 Å². The van der Waals surface area contributed by atoms with Crippen LogP contribution in [0.3, 0.4) is 0 Å². The first-order valence-corrected chi connectivity index (χ1v) is 5.35. The second-order valence-corrected chi connectivity index (χ2v) is 3.88. The standard InChI is InChI=1S/C6H9O9P.3Na.2H2O/c7-1-2(8)4-3(9)5(6(10)14-4)15-16(11,12)13;;;;;/h2,4,7-9H,1H2,(H2,11,12,13);;;;2*1H2/q;3*+1;;/p-3/t2-,4+;;;;;/m0...../s1. The number of ether oxygens (including phenoxy) is 1. The second kappa shape index (κ2) is 14.2. The first-order chi connectivity index (χ1) is 7.26. The summed E-state index contributed by atoms with van der Waals surface area (Å²) >= 11 is 0. The summed E-state index contributed by atoms with van der Waals surface area (Å²) < 4.78 is 18.0. The number of esters is 1. The van der Waals surface area contributed by atoms with Crippen LogP contribution in [-0.2, 0) is 18.6 Å². The van der Waals surface area contributed by atoms with Gasteiger partial charge in [0.15, 0.2) is 0 Å². The fourth-order valence-corrected chi connectivity index (χ4v) is 1.38. The van der Waals surface area contributed by atoms with E-state index in [0.29, 0.717) is 0 Å². The van der Waals surface area contributed by atoms with E-state index < -0.39 is 44.1 Å². The number of hydrogen-bond acceptors (Lipinski definition) is 9. The van der Waals surface area contributed by atoms with Crippen molar-refractivity contribution in [1.82, 2.24) is 0 Å². The van der Waals surface area contributed by atoms with Gasteiger partial charge >= 0.3 is 94.6 Å². The van der Waals surface area contributed by atoms with Crippen molar-refractivity contribution >= 4 is 13.8 Å². The Bertz CT molecular complexity index is 382. The van der Waals surface area contributed by atoms with Crippen LogP contribution in [0.15, 0.2) is 11.5 Å². The monoisotopic (exact) mass is 358 g/mol. The Hall–Kier alpha value is 1.80. The van der Waals surface area contributed by atoms with E-state index >= 15 is 0 Å². The number of hydrogen-bond donors (Lipinski definition) is 2. The summed E-state index contributed by atoms with van der Waals surface area (Å²) in [4.78, 5) is 31.3. The molecule has 0 unspecified atom stereocenters. The Morgan fingerprint density at radius 2 is 1.71 bits per heavy atom. The third kappa shape index (κ3) is 10.3. The van der Waals surface area contributed by atoms with E-state index in [2.05, 4.69) is 9.26 Å². The number of phosphoric ester groups is 1. The molecule has 0 amide bonds. The van der Waals surface area contributed by atoms with Crippen molar-refractivity contribution in [2.24, 2.45) is 0 Å². The molecule has 1 rings (SSSR count). The fraction of sp³-hybridized carbons (Fsp3) is 0.500. The molecule has 1 heterocycles. The first-order valence-electron chi connectivity index (χ1n) is 3.89. The Kier molecular flexibility index (Phi) is 23.1. The summed E-state index contributed by atoms with van der Waals surface area (Å²) in [6.07, 6.45) is -3.48. The second-order valence-electron chi connectivity index (χ2n) is 2.81. The van der Waals surface area contributed by atoms with E-state index in [1.54, 1.807) is 0 Å². The van der Waals surface area contributed by atoms with Crippen molar-refractivity contribution in [2.75, 3.05) is 6.61 Å². The number of carbonyl (C=O) groups excluding carboxylic acids is 1. The Labute approximate surface area is 185 Å². The van der Waals surface area contributed by atoms with Gasteiger partial charge in [-0.3, -0.25) is 0 Å². The van der Waals surface area contributed by atoms with Gasteiger partial charge in [-0.1, -0.05) is 0 Å². The van der Waals surface area contributed by atoms with Crippen molar-refractivity contribution in [2.45, 2.75) is 12.2 Å². The van der Waals surface area contributed by atoms with Crippen LogP contribution in [0, 0.1) is 0 Å². The van der Waals surface area contributed by atoms with E-state index in [1.165, 1.54) is 0 Å². The normalized spacial score (nSPS) is 17.7. The maximum atomic E-state index is 11.2. The molecular formula is C6H10Na3O11P. The fourth-order valence-electron chi connectivity index (χ4n) is 0.995. The van der Waals surface area contributed by atoms with Gasteiger partial charge in [-0.15, -0.1) is 0 Å². The van der Waals surface area contributed by atoms with Gasteiger partial charge in [0.05, 0.1) is 6.61 Å². The Morgan fingerprint density at radius 3 is 2.05 bits per heavy atom. The quantitative estimate of drug-likeness (QED) is 0.276. The van der Waals surface area contributed by atoms with Crippen LogP contribution >= 0.6 is 7.82 Å². The van der Waals surface area contributed by atoms with Crippen LogP contribution in [0.1, 0.15) is 0 Å². The zero-order valence-electron chi connectivity index (χ0n) is 11.6. The first kappa shape index (κ1) is 34.2. The van der Waals surface area contributed by atoms with Gasteiger partial charge in [0.1, 0.15) is 20.0 Å². The van der Waals surface area contributed by atoms with Crippen LogP contribution in [0.4, 0.5) is 0 Å². The third-order valence-electron chi connectivity index (χ3n) is 1.64. The van der Waals surface area contributed by atoms with Crippen LogP contribution in [0.25, 0.3) is 0 Å². The van der Waals surface area contributed by atoms with Crippen molar-refractivity contribution in [3.05, 3.63) is 11.5 Å². The molecule has 0 radical (unpaired) electrons. The van der Waals surface area contributed by atoms with Crippen LogP contribution in [0.2, 0.25) is 0 Å². The number of aliphatic hydroxyl groups is 2. The smallest absolute Gasteiger partial charge is 0.870 e. The number of carbonyl (C=O) groups is 1. The maximum Gasteiger partial charge on any atom is 1.00 e. The Balaban J connectivity index is -0.000000171. The number of rotatable bonds is 4. The molecule has 0 saturated carbocycles. The van der Waals surface area contributed by atoms with E-state index in [1.807, 2.05) is 0 Å². The minimum atomic E-state index is -5.56. The molecule has 21 heavy (non-hydrogen) atoms. The van der Waals surface area contributed by atoms with Gasteiger partial charge in [-0.05, 0) is 5.76 Å². The van der Waals surface area contributed by atoms with E-state index in [9.17, 15) is 24.3 Å². The molecule has 0 aromatic rings. The van der Waals surface area contributed by atoms with Crippen LogP contribution in [0.5, 0.6) is 0 Å². The van der Waals surface area contributed by atoms with Crippen molar-refractivity contribution in [3.63, 3.8) is 0 Å². The van der Waals surface area contributed by atoms with Crippen LogP contribution in [-0.4, -0.2) is 45.9 Å². The maximum absolute atomic E-state index is 11.2. The minimum absolute atomic E-state index is 0. The molecule has 0 aliphatic carbocycles. The molecule has 0 aromatic heterocycles. The zero-order valence-corrected chi connectivity index (χ0v) is 18.5. The topological polar surface area (TPSA) is 225 Å². The van der Waals surface area contributed by atoms with Gasteiger partial charge < -0.3 is 49.9 Å². The molecular weight excluding hydrogens is 348 g/mol. The molecule has 108 valence electrons. The summed E-state index contributed by atoms with van der Waals surface area (Å²) in [5.74, 6) is -4.10. The molecule has 11 nitrogen and oxygen atoms in total. The van der Waals surface area contributed by atoms with E-state index in [4.69, 9.17) is 10.2 Å². The average molecular weight is 358 g/mol. The predicted octanol–water partition coefficient (Wildman–Crippen LogP) is -15.0. The van der Waals surface area contributed by atoms with Crippen molar-refractivity contribution in [3.8, 4) is 0 Å². The van der Waals surface area contributed by atoms with Gasteiger partial charge in [-0.25, -0.2) is 4.79 Å². The molecule has 0 aromatic carbocycles. The summed E-state index contributed by atoms with van der Waals surface area (Å²) in [6.45, 7) is -0.886. The van der Waals surface area contributed by atoms with Crippen molar-refractivity contribution in [1.29, 1.82) is 0 Å². The molecule has 2 atom stereocenters.